The van der Waals surface area contributed by atoms with Crippen LogP contribution in [-0.4, -0.2) is 21.2 Å². The van der Waals surface area contributed by atoms with E-state index in [0.717, 1.165) is 17.8 Å². The Morgan fingerprint density at radius 1 is 1.23 bits per heavy atom. The Labute approximate surface area is 78.8 Å². The van der Waals surface area contributed by atoms with Crippen molar-refractivity contribution >= 4 is 5.95 Å². The highest BCUT2D eigenvalue weighted by molar-refractivity contribution is 5.25. The molecule has 0 radical (unpaired) electrons. The summed E-state index contributed by atoms with van der Waals surface area (Å²) >= 11 is 0. The SMILES string of the molecule is CCC(C)Nc1nnc(C)c(C)n1. The number of aromatic nitrogens is 3. The van der Waals surface area contributed by atoms with Gasteiger partial charge in [0.1, 0.15) is 0 Å². The van der Waals surface area contributed by atoms with E-state index in [0.29, 0.717) is 12.0 Å². The lowest BCUT2D eigenvalue weighted by molar-refractivity contribution is 0.741. The van der Waals surface area contributed by atoms with Crippen molar-refractivity contribution in [2.45, 2.75) is 40.2 Å². The van der Waals surface area contributed by atoms with Gasteiger partial charge in [0.25, 0.3) is 0 Å². The van der Waals surface area contributed by atoms with E-state index in [-0.39, 0.29) is 0 Å². The summed E-state index contributed by atoms with van der Waals surface area (Å²) in [6.07, 6.45) is 1.05. The Morgan fingerprint density at radius 2 is 1.92 bits per heavy atom. The van der Waals surface area contributed by atoms with Gasteiger partial charge in [0.2, 0.25) is 5.95 Å². The zero-order chi connectivity index (χ0) is 9.84. The third-order valence-electron chi connectivity index (χ3n) is 2.08. The van der Waals surface area contributed by atoms with Gasteiger partial charge in [-0.2, -0.15) is 5.10 Å². The molecule has 0 aliphatic carbocycles. The van der Waals surface area contributed by atoms with Crippen LogP contribution in [-0.2, 0) is 0 Å². The summed E-state index contributed by atoms with van der Waals surface area (Å²) < 4.78 is 0. The van der Waals surface area contributed by atoms with Gasteiger partial charge < -0.3 is 5.32 Å². The predicted octanol–water partition coefficient (Wildman–Crippen LogP) is 1.70. The van der Waals surface area contributed by atoms with Gasteiger partial charge in [-0.1, -0.05) is 6.92 Å². The van der Waals surface area contributed by atoms with E-state index in [9.17, 15) is 0 Å². The quantitative estimate of drug-likeness (QED) is 0.769. The van der Waals surface area contributed by atoms with Crippen LogP contribution in [0.2, 0.25) is 0 Å². The Hall–Kier alpha value is -1.19. The van der Waals surface area contributed by atoms with E-state index < -0.39 is 0 Å². The molecule has 1 N–H and O–H groups in total. The van der Waals surface area contributed by atoms with Crippen molar-refractivity contribution in [3.63, 3.8) is 0 Å². The highest BCUT2D eigenvalue weighted by Crippen LogP contribution is 2.04. The number of aryl methyl sites for hydroxylation is 2. The maximum atomic E-state index is 4.28. The van der Waals surface area contributed by atoms with Gasteiger partial charge in [0.05, 0.1) is 11.4 Å². The largest absolute Gasteiger partial charge is 0.350 e. The lowest BCUT2D eigenvalue weighted by atomic mass is 10.3. The van der Waals surface area contributed by atoms with Crippen LogP contribution in [0, 0.1) is 13.8 Å². The molecule has 1 aromatic rings. The van der Waals surface area contributed by atoms with Crippen LogP contribution in [0.3, 0.4) is 0 Å². The minimum absolute atomic E-state index is 0.393. The van der Waals surface area contributed by atoms with Crippen LogP contribution in [0.15, 0.2) is 0 Å². The third kappa shape index (κ3) is 2.65. The Balaban J connectivity index is 2.73. The molecular weight excluding hydrogens is 164 g/mol. The highest BCUT2D eigenvalue weighted by Gasteiger charge is 2.03. The van der Waals surface area contributed by atoms with E-state index in [4.69, 9.17) is 0 Å². The first-order valence-corrected chi connectivity index (χ1v) is 4.58. The molecule has 0 amide bonds. The molecule has 1 heterocycles. The zero-order valence-electron chi connectivity index (χ0n) is 8.63. The van der Waals surface area contributed by atoms with Gasteiger partial charge in [-0.3, -0.25) is 0 Å². The fraction of sp³-hybridized carbons (Fsp3) is 0.667. The second kappa shape index (κ2) is 4.16. The topological polar surface area (TPSA) is 50.7 Å². The molecule has 0 bridgehead atoms. The Morgan fingerprint density at radius 3 is 2.46 bits per heavy atom. The van der Waals surface area contributed by atoms with Gasteiger partial charge in [-0.15, -0.1) is 5.10 Å². The minimum Gasteiger partial charge on any atom is -0.350 e. The number of hydrogen-bond donors (Lipinski definition) is 1. The second-order valence-corrected chi connectivity index (χ2v) is 3.26. The molecule has 1 unspecified atom stereocenters. The summed E-state index contributed by atoms with van der Waals surface area (Å²) in [6.45, 7) is 8.05. The summed E-state index contributed by atoms with van der Waals surface area (Å²) in [5.74, 6) is 0.623. The Bertz CT molecular complexity index is 285. The lowest BCUT2D eigenvalue weighted by Gasteiger charge is -2.10. The molecule has 0 saturated heterocycles. The first kappa shape index (κ1) is 9.89. The van der Waals surface area contributed by atoms with Crippen molar-refractivity contribution in [2.24, 2.45) is 0 Å². The molecule has 0 spiro atoms. The summed E-state index contributed by atoms with van der Waals surface area (Å²) in [5.41, 5.74) is 1.82. The fourth-order valence-corrected chi connectivity index (χ4v) is 0.840. The van der Waals surface area contributed by atoms with Crippen molar-refractivity contribution in [3.05, 3.63) is 11.4 Å². The first-order chi connectivity index (χ1) is 6.13. The van der Waals surface area contributed by atoms with Crippen LogP contribution in [0.5, 0.6) is 0 Å². The summed E-state index contributed by atoms with van der Waals surface area (Å²) in [4.78, 5) is 4.28. The van der Waals surface area contributed by atoms with Crippen LogP contribution in [0.1, 0.15) is 31.7 Å². The Kier molecular flexibility index (Phi) is 3.17. The molecule has 0 aliphatic heterocycles. The standard InChI is InChI=1S/C9H16N4/c1-5-6(2)10-9-11-7(3)8(4)12-13-9/h6H,5H2,1-4H3,(H,10,11,13). The number of anilines is 1. The van der Waals surface area contributed by atoms with E-state index in [1.165, 1.54) is 0 Å². The van der Waals surface area contributed by atoms with Crippen LogP contribution < -0.4 is 5.32 Å². The van der Waals surface area contributed by atoms with Gasteiger partial charge in [0.15, 0.2) is 0 Å². The monoisotopic (exact) mass is 180 g/mol. The molecule has 4 heteroatoms. The van der Waals surface area contributed by atoms with E-state index >= 15 is 0 Å². The van der Waals surface area contributed by atoms with Gasteiger partial charge >= 0.3 is 0 Å². The maximum absolute atomic E-state index is 4.28. The van der Waals surface area contributed by atoms with Crippen LogP contribution in [0.4, 0.5) is 5.95 Å². The number of nitrogens with one attached hydrogen (secondary N) is 1. The molecule has 1 aromatic heterocycles. The van der Waals surface area contributed by atoms with Crippen molar-refractivity contribution in [1.29, 1.82) is 0 Å². The van der Waals surface area contributed by atoms with Crippen molar-refractivity contribution in [1.82, 2.24) is 15.2 Å². The molecule has 1 rings (SSSR count). The smallest absolute Gasteiger partial charge is 0.243 e. The van der Waals surface area contributed by atoms with Crippen LogP contribution in [0.25, 0.3) is 0 Å². The molecular formula is C9H16N4. The molecule has 4 nitrogen and oxygen atoms in total. The third-order valence-corrected chi connectivity index (χ3v) is 2.08. The average Bonchev–Trinajstić information content (AvgIpc) is 2.11. The molecule has 72 valence electrons. The normalized spacial score (nSPS) is 12.6. The van der Waals surface area contributed by atoms with Crippen molar-refractivity contribution < 1.29 is 0 Å². The van der Waals surface area contributed by atoms with Gasteiger partial charge in [0, 0.05) is 6.04 Å². The van der Waals surface area contributed by atoms with E-state index in [1.807, 2.05) is 13.8 Å². The van der Waals surface area contributed by atoms with Gasteiger partial charge in [-0.05, 0) is 27.2 Å². The lowest BCUT2D eigenvalue weighted by Crippen LogP contribution is -2.16. The van der Waals surface area contributed by atoms with Crippen molar-refractivity contribution in [3.8, 4) is 0 Å². The van der Waals surface area contributed by atoms with Gasteiger partial charge in [-0.25, -0.2) is 4.98 Å². The first-order valence-electron chi connectivity index (χ1n) is 4.58. The fourth-order valence-electron chi connectivity index (χ4n) is 0.840. The summed E-state index contributed by atoms with van der Waals surface area (Å²) in [6, 6.07) is 0.393. The van der Waals surface area contributed by atoms with Crippen molar-refractivity contribution in [2.75, 3.05) is 5.32 Å². The van der Waals surface area contributed by atoms with E-state index in [2.05, 4.69) is 34.3 Å². The average molecular weight is 180 g/mol. The molecule has 0 saturated carbocycles. The van der Waals surface area contributed by atoms with Crippen LogP contribution >= 0.6 is 0 Å². The molecule has 0 aromatic carbocycles. The minimum atomic E-state index is 0.393. The number of rotatable bonds is 3. The molecule has 0 fully saturated rings. The highest BCUT2D eigenvalue weighted by atomic mass is 15.2. The number of nitrogens with zero attached hydrogens (tertiary/aromatic N) is 3. The summed E-state index contributed by atoms with van der Waals surface area (Å²) in [7, 11) is 0. The van der Waals surface area contributed by atoms with E-state index in [1.54, 1.807) is 0 Å². The summed E-state index contributed by atoms with van der Waals surface area (Å²) in [5, 5.41) is 11.1. The predicted molar refractivity (Wildman–Crippen MR) is 52.7 cm³/mol. The second-order valence-electron chi connectivity index (χ2n) is 3.26. The maximum Gasteiger partial charge on any atom is 0.243 e. The molecule has 1 atom stereocenters. The molecule has 0 aliphatic rings. The molecule has 13 heavy (non-hydrogen) atoms. The number of hydrogen-bond acceptors (Lipinski definition) is 4. The zero-order valence-corrected chi connectivity index (χ0v) is 8.63.